The van der Waals surface area contributed by atoms with Gasteiger partial charge in [-0.3, -0.25) is 0 Å². The van der Waals surface area contributed by atoms with Crippen LogP contribution in [-0.2, 0) is 18.6 Å². The average molecular weight is 537 g/mol. The molecule has 0 amide bonds. The molecular formula is C18H9Cl6O3V-3. The van der Waals surface area contributed by atoms with Gasteiger partial charge in [-0.25, -0.2) is 0 Å². The first-order valence-corrected chi connectivity index (χ1v) is 9.25. The van der Waals surface area contributed by atoms with Gasteiger partial charge in [-0.2, -0.15) is 0 Å². The zero-order chi connectivity index (χ0) is 20.6. The fourth-order valence-corrected chi connectivity index (χ4v) is 2.33. The van der Waals surface area contributed by atoms with Crippen molar-refractivity contribution in [1.29, 1.82) is 0 Å². The summed E-state index contributed by atoms with van der Waals surface area (Å²) >= 11 is 32.7. The zero-order valence-electron chi connectivity index (χ0n) is 13.6. The normalized spacial score (nSPS) is 9.21. The molecule has 1 radical (unpaired) electrons. The third kappa shape index (κ3) is 8.81. The topological polar surface area (TPSA) is 69.2 Å². The minimum Gasteiger partial charge on any atom is -0.871 e. The molecule has 0 saturated carbocycles. The molecular weight excluding hydrogens is 528 g/mol. The van der Waals surface area contributed by atoms with Crippen LogP contribution in [0.5, 0.6) is 17.2 Å². The SMILES string of the molecule is [O-]c1cccc(Cl)c1Cl.[O-]c1cccc(Cl)c1Cl.[O-]c1cccc(Cl)c1Cl.[V]. The molecule has 28 heavy (non-hydrogen) atoms. The number of hydrogen-bond acceptors (Lipinski definition) is 3. The van der Waals surface area contributed by atoms with E-state index in [-0.39, 0.29) is 50.9 Å². The molecule has 0 fully saturated rings. The first-order chi connectivity index (χ1) is 12.6. The summed E-state index contributed by atoms with van der Waals surface area (Å²) in [4.78, 5) is 0. The summed E-state index contributed by atoms with van der Waals surface area (Å²) in [5, 5.41) is 33.1. The quantitative estimate of drug-likeness (QED) is 0.343. The van der Waals surface area contributed by atoms with Gasteiger partial charge in [0.1, 0.15) is 0 Å². The van der Waals surface area contributed by atoms with E-state index >= 15 is 0 Å². The Morgan fingerprint density at radius 2 is 0.643 bits per heavy atom. The molecule has 3 rings (SSSR count). The Kier molecular flexibility index (Phi) is 13.3. The first-order valence-electron chi connectivity index (χ1n) is 6.98. The number of halogens is 6. The van der Waals surface area contributed by atoms with E-state index < -0.39 is 0 Å². The molecule has 0 spiro atoms. The Labute approximate surface area is 204 Å². The van der Waals surface area contributed by atoms with Crippen LogP contribution in [0, 0.1) is 0 Å². The Bertz CT molecular complexity index is 730. The van der Waals surface area contributed by atoms with Crippen LogP contribution >= 0.6 is 69.6 Å². The van der Waals surface area contributed by atoms with Crippen molar-refractivity contribution in [2.75, 3.05) is 0 Å². The molecule has 10 heteroatoms. The van der Waals surface area contributed by atoms with Gasteiger partial charge in [0.2, 0.25) is 0 Å². The van der Waals surface area contributed by atoms with E-state index in [4.69, 9.17) is 69.6 Å². The van der Waals surface area contributed by atoms with Gasteiger partial charge in [0, 0.05) is 18.6 Å². The van der Waals surface area contributed by atoms with Crippen LogP contribution < -0.4 is 15.3 Å². The van der Waals surface area contributed by atoms with E-state index in [0.717, 1.165) is 0 Å². The second-order valence-electron chi connectivity index (χ2n) is 4.66. The van der Waals surface area contributed by atoms with E-state index in [1.165, 1.54) is 18.2 Å². The van der Waals surface area contributed by atoms with Crippen molar-refractivity contribution in [2.24, 2.45) is 0 Å². The number of benzene rings is 3. The second kappa shape index (κ2) is 13.6. The molecule has 3 aromatic carbocycles. The molecule has 3 aromatic rings. The predicted octanol–water partition coefficient (Wildman–Crippen LogP) is 6.20. The fraction of sp³-hybridized carbons (Fsp3) is 0. The third-order valence-electron chi connectivity index (χ3n) is 2.75. The van der Waals surface area contributed by atoms with Gasteiger partial charge >= 0.3 is 0 Å². The Hall–Kier alpha value is -0.616. The van der Waals surface area contributed by atoms with Crippen LogP contribution in [0.3, 0.4) is 0 Å². The van der Waals surface area contributed by atoms with E-state index in [0.29, 0.717) is 15.1 Å². The molecule has 0 unspecified atom stereocenters. The van der Waals surface area contributed by atoms with E-state index in [1.54, 1.807) is 36.4 Å². The third-order valence-corrected chi connectivity index (χ3v) is 5.15. The van der Waals surface area contributed by atoms with E-state index in [1.807, 2.05) is 0 Å². The van der Waals surface area contributed by atoms with Crippen molar-refractivity contribution in [3.63, 3.8) is 0 Å². The molecule has 0 saturated heterocycles. The zero-order valence-corrected chi connectivity index (χ0v) is 19.6. The maximum atomic E-state index is 10.6. The van der Waals surface area contributed by atoms with Crippen LogP contribution in [0.2, 0.25) is 30.1 Å². The molecule has 0 heterocycles. The standard InChI is InChI=1S/3C6H4Cl2O.V/c3*7-4-2-1-3-5(9)6(4)8;/h3*1-3,9H;/p-3. The fourth-order valence-electron chi connectivity index (χ4n) is 1.45. The predicted molar refractivity (Wildman–Crippen MR) is 108 cm³/mol. The molecule has 0 N–H and O–H groups in total. The summed E-state index contributed by atoms with van der Waals surface area (Å²) in [6.07, 6.45) is 0. The smallest absolute Gasteiger partial charge is 0.0586 e. The van der Waals surface area contributed by atoms with Crippen LogP contribution in [0.25, 0.3) is 0 Å². The summed E-state index contributed by atoms with van der Waals surface area (Å²) in [6, 6.07) is 13.5. The van der Waals surface area contributed by atoms with Crippen molar-refractivity contribution in [3.8, 4) is 17.2 Å². The summed E-state index contributed by atoms with van der Waals surface area (Å²) in [6.45, 7) is 0. The van der Waals surface area contributed by atoms with Gasteiger partial charge in [-0.15, -0.1) is 0 Å². The summed E-state index contributed by atoms with van der Waals surface area (Å²) in [5.74, 6) is -0.697. The molecule has 0 aliphatic carbocycles. The van der Waals surface area contributed by atoms with Gasteiger partial charge in [0.05, 0.1) is 30.1 Å². The minimum absolute atomic E-state index is 0. The summed E-state index contributed by atoms with van der Waals surface area (Å²) in [7, 11) is 0. The van der Waals surface area contributed by atoms with E-state index in [9.17, 15) is 15.3 Å². The molecule has 0 aliphatic rings. The average Bonchev–Trinajstić information content (AvgIpc) is 2.63. The molecule has 0 aliphatic heterocycles. The van der Waals surface area contributed by atoms with Crippen molar-refractivity contribution >= 4 is 69.6 Å². The molecule has 0 bridgehead atoms. The Balaban J connectivity index is 0.000000384. The maximum Gasteiger partial charge on any atom is 0.0586 e. The van der Waals surface area contributed by atoms with Crippen LogP contribution in [0.4, 0.5) is 0 Å². The van der Waals surface area contributed by atoms with Gasteiger partial charge in [-0.1, -0.05) is 123 Å². The number of hydrogen-bond donors (Lipinski definition) is 0. The van der Waals surface area contributed by atoms with Crippen molar-refractivity contribution < 1.29 is 33.9 Å². The summed E-state index contributed by atoms with van der Waals surface area (Å²) in [5.41, 5.74) is 0. The van der Waals surface area contributed by atoms with Crippen molar-refractivity contribution in [1.82, 2.24) is 0 Å². The van der Waals surface area contributed by atoms with Crippen molar-refractivity contribution in [2.45, 2.75) is 0 Å². The molecule has 0 atom stereocenters. The van der Waals surface area contributed by atoms with Gasteiger partial charge in [0.15, 0.2) is 0 Å². The molecule has 149 valence electrons. The molecule has 3 nitrogen and oxygen atoms in total. The van der Waals surface area contributed by atoms with Crippen LogP contribution in [0.1, 0.15) is 0 Å². The van der Waals surface area contributed by atoms with Crippen molar-refractivity contribution in [3.05, 3.63) is 84.7 Å². The minimum atomic E-state index is -0.232. The second-order valence-corrected chi connectivity index (χ2v) is 7.01. The maximum absolute atomic E-state index is 10.6. The van der Waals surface area contributed by atoms with E-state index in [2.05, 4.69) is 0 Å². The number of rotatable bonds is 0. The largest absolute Gasteiger partial charge is 0.871 e. The Morgan fingerprint density at radius 3 is 0.786 bits per heavy atom. The van der Waals surface area contributed by atoms with Crippen LogP contribution in [0.15, 0.2) is 54.6 Å². The first kappa shape index (κ1) is 27.4. The summed E-state index contributed by atoms with van der Waals surface area (Å²) < 4.78 is 0. The van der Waals surface area contributed by atoms with Gasteiger partial charge < -0.3 is 15.3 Å². The molecule has 0 aromatic heterocycles. The van der Waals surface area contributed by atoms with Gasteiger partial charge in [-0.05, 0) is 18.2 Å². The van der Waals surface area contributed by atoms with Crippen LogP contribution in [-0.4, -0.2) is 0 Å². The Morgan fingerprint density at radius 1 is 0.429 bits per heavy atom. The van der Waals surface area contributed by atoms with Gasteiger partial charge in [0.25, 0.3) is 0 Å². The monoisotopic (exact) mass is 534 g/mol.